The van der Waals surface area contributed by atoms with Crippen molar-refractivity contribution >= 4 is 38.8 Å². The van der Waals surface area contributed by atoms with Crippen molar-refractivity contribution in [2.24, 2.45) is 10.4 Å². The molecular weight excluding hydrogens is 629 g/mol. The lowest BCUT2D eigenvalue weighted by Crippen LogP contribution is -2.43. The second-order valence-corrected chi connectivity index (χ2v) is 14.4. The molecule has 7 aromatic carbocycles. The monoisotopic (exact) mass is 666 g/mol. The first-order chi connectivity index (χ1) is 25.7. The van der Waals surface area contributed by atoms with Gasteiger partial charge in [-0.2, -0.15) is 0 Å². The standard InChI is InChI=1S/C50H38N2/c1-49-32-16-15-26-43(49)46-45-42-25-13-14-27-44(42)52(39-30-28-36(29-31-39)34-51-33-35-17-5-2-6-18-35)48(45)41-24-12-11-23-40(41)47(46)50(49,37-19-7-3-8-20-37)38-21-9-4-10-22-38/h2-33,43H,34H2,1H3. The van der Waals surface area contributed by atoms with Crippen molar-refractivity contribution in [3.05, 3.63) is 221 Å². The first-order valence-corrected chi connectivity index (χ1v) is 18.3. The number of fused-ring (bicyclic) bond motifs is 10. The summed E-state index contributed by atoms with van der Waals surface area (Å²) in [6.45, 7) is 3.14. The number of hydrogen-bond acceptors (Lipinski definition) is 1. The van der Waals surface area contributed by atoms with Crippen molar-refractivity contribution in [3.8, 4) is 5.69 Å². The van der Waals surface area contributed by atoms with E-state index < -0.39 is 5.41 Å². The summed E-state index contributed by atoms with van der Waals surface area (Å²) in [6, 6.07) is 60.0. The smallest absolute Gasteiger partial charge is 0.0640 e. The Morgan fingerprint density at radius 1 is 0.615 bits per heavy atom. The van der Waals surface area contributed by atoms with Crippen LogP contribution in [0.1, 0.15) is 46.2 Å². The largest absolute Gasteiger partial charge is 0.309 e. The number of hydrogen-bond donors (Lipinski definition) is 0. The second-order valence-electron chi connectivity index (χ2n) is 14.4. The lowest BCUT2D eigenvalue weighted by atomic mass is 9.54. The highest BCUT2D eigenvalue weighted by molar-refractivity contribution is 6.22. The number of allylic oxidation sites excluding steroid dienone is 4. The van der Waals surface area contributed by atoms with E-state index in [9.17, 15) is 0 Å². The Morgan fingerprint density at radius 2 is 1.21 bits per heavy atom. The van der Waals surface area contributed by atoms with E-state index in [-0.39, 0.29) is 11.3 Å². The minimum Gasteiger partial charge on any atom is -0.309 e. The van der Waals surface area contributed by atoms with Crippen LogP contribution in [0, 0.1) is 5.41 Å². The van der Waals surface area contributed by atoms with Gasteiger partial charge in [-0.1, -0.05) is 177 Å². The highest BCUT2D eigenvalue weighted by Crippen LogP contribution is 2.69. The van der Waals surface area contributed by atoms with Crippen molar-refractivity contribution < 1.29 is 0 Å². The SMILES string of the molecule is CC12C=CC=CC1c1c(c3ccccc3c3c1c1ccccc1n3-c1ccc(CN=Cc3ccccc3)cc1)C2(c1ccccc1)c1ccccc1. The molecule has 2 aliphatic rings. The lowest BCUT2D eigenvalue weighted by Gasteiger charge is -2.47. The van der Waals surface area contributed by atoms with Crippen LogP contribution in [0.15, 0.2) is 193 Å². The van der Waals surface area contributed by atoms with E-state index in [0.29, 0.717) is 6.54 Å². The molecule has 0 radical (unpaired) electrons. The lowest BCUT2D eigenvalue weighted by molar-refractivity contribution is 0.290. The van der Waals surface area contributed by atoms with E-state index >= 15 is 0 Å². The molecule has 248 valence electrons. The van der Waals surface area contributed by atoms with Gasteiger partial charge in [0.1, 0.15) is 0 Å². The highest BCUT2D eigenvalue weighted by Gasteiger charge is 2.61. The van der Waals surface area contributed by atoms with Crippen LogP contribution in [-0.2, 0) is 12.0 Å². The zero-order valence-corrected chi connectivity index (χ0v) is 29.2. The molecule has 2 atom stereocenters. The average Bonchev–Trinajstić information content (AvgIpc) is 3.68. The van der Waals surface area contributed by atoms with Gasteiger partial charge in [0.25, 0.3) is 0 Å². The molecule has 0 bridgehead atoms. The molecule has 0 aliphatic heterocycles. The molecule has 0 N–H and O–H groups in total. The molecule has 2 aliphatic carbocycles. The van der Waals surface area contributed by atoms with Gasteiger partial charge in [-0.3, -0.25) is 4.99 Å². The molecule has 8 aromatic rings. The number of para-hydroxylation sites is 1. The van der Waals surface area contributed by atoms with Gasteiger partial charge in [-0.25, -0.2) is 0 Å². The maximum atomic E-state index is 4.75. The fourth-order valence-corrected chi connectivity index (χ4v) is 9.69. The predicted molar refractivity (Wildman–Crippen MR) is 218 cm³/mol. The molecule has 0 spiro atoms. The summed E-state index contributed by atoms with van der Waals surface area (Å²) in [6.07, 6.45) is 11.5. The normalized spacial score (nSPS) is 18.8. The van der Waals surface area contributed by atoms with E-state index in [1.807, 2.05) is 24.4 Å². The van der Waals surface area contributed by atoms with Crippen LogP contribution < -0.4 is 0 Å². The van der Waals surface area contributed by atoms with E-state index in [4.69, 9.17) is 4.99 Å². The Hall–Kier alpha value is -6.25. The quantitative estimate of drug-likeness (QED) is 0.157. The van der Waals surface area contributed by atoms with E-state index in [2.05, 4.69) is 181 Å². The Kier molecular flexibility index (Phi) is 7.01. The van der Waals surface area contributed by atoms with Gasteiger partial charge in [0.05, 0.1) is 23.0 Å². The van der Waals surface area contributed by atoms with Gasteiger partial charge in [-0.15, -0.1) is 0 Å². The van der Waals surface area contributed by atoms with Gasteiger partial charge in [0.2, 0.25) is 0 Å². The second kappa shape index (κ2) is 11.9. The van der Waals surface area contributed by atoms with Crippen molar-refractivity contribution in [3.63, 3.8) is 0 Å². The summed E-state index contributed by atoms with van der Waals surface area (Å²) in [5, 5.41) is 5.23. The molecule has 1 heterocycles. The summed E-state index contributed by atoms with van der Waals surface area (Å²) >= 11 is 0. The first kappa shape index (κ1) is 30.6. The number of aromatic nitrogens is 1. The van der Waals surface area contributed by atoms with Gasteiger partial charge in [0.15, 0.2) is 0 Å². The number of nitrogens with zero attached hydrogens (tertiary/aromatic N) is 2. The zero-order valence-electron chi connectivity index (χ0n) is 29.2. The third-order valence-electron chi connectivity index (χ3n) is 11.8. The number of benzene rings is 7. The minimum absolute atomic E-state index is 0.157. The molecule has 0 saturated heterocycles. The molecule has 2 heteroatoms. The summed E-state index contributed by atoms with van der Waals surface area (Å²) in [7, 11) is 0. The van der Waals surface area contributed by atoms with Crippen LogP contribution in [0.25, 0.3) is 38.3 Å². The van der Waals surface area contributed by atoms with Crippen molar-refractivity contribution in [1.29, 1.82) is 0 Å². The molecule has 10 rings (SSSR count). The molecule has 2 unspecified atom stereocenters. The summed E-state index contributed by atoms with van der Waals surface area (Å²) in [5.41, 5.74) is 10.8. The summed E-state index contributed by atoms with van der Waals surface area (Å²) in [5.74, 6) is 0.157. The third-order valence-corrected chi connectivity index (χ3v) is 11.8. The van der Waals surface area contributed by atoms with Crippen molar-refractivity contribution in [2.45, 2.75) is 24.8 Å². The molecule has 0 saturated carbocycles. The van der Waals surface area contributed by atoms with Crippen LogP contribution in [-0.4, -0.2) is 10.8 Å². The van der Waals surface area contributed by atoms with Crippen LogP contribution in [0.3, 0.4) is 0 Å². The van der Waals surface area contributed by atoms with Crippen LogP contribution >= 0.6 is 0 Å². The van der Waals surface area contributed by atoms with Crippen LogP contribution in [0.4, 0.5) is 0 Å². The molecule has 2 nitrogen and oxygen atoms in total. The first-order valence-electron chi connectivity index (χ1n) is 18.3. The predicted octanol–water partition coefficient (Wildman–Crippen LogP) is 12.1. The van der Waals surface area contributed by atoms with E-state index in [0.717, 1.165) is 11.3 Å². The van der Waals surface area contributed by atoms with E-state index in [1.54, 1.807) is 0 Å². The van der Waals surface area contributed by atoms with Gasteiger partial charge in [0, 0.05) is 39.4 Å². The minimum atomic E-state index is -0.435. The Bertz CT molecular complexity index is 2660. The van der Waals surface area contributed by atoms with Crippen LogP contribution in [0.2, 0.25) is 0 Å². The van der Waals surface area contributed by atoms with Gasteiger partial charge < -0.3 is 4.57 Å². The maximum Gasteiger partial charge on any atom is 0.0640 e. The van der Waals surface area contributed by atoms with Crippen LogP contribution in [0.5, 0.6) is 0 Å². The number of rotatable bonds is 6. The van der Waals surface area contributed by atoms with Gasteiger partial charge >= 0.3 is 0 Å². The Balaban J connectivity index is 1.29. The Labute approximate surface area is 304 Å². The fourth-order valence-electron chi connectivity index (χ4n) is 9.69. The molecule has 1 aromatic heterocycles. The van der Waals surface area contributed by atoms with Crippen molar-refractivity contribution in [1.82, 2.24) is 4.57 Å². The van der Waals surface area contributed by atoms with Crippen molar-refractivity contribution in [2.75, 3.05) is 0 Å². The third kappa shape index (κ3) is 4.28. The summed E-state index contributed by atoms with van der Waals surface area (Å²) in [4.78, 5) is 4.75. The number of aliphatic imine (C=N–C) groups is 1. The fraction of sp³-hybridized carbons (Fsp3) is 0.100. The highest BCUT2D eigenvalue weighted by atomic mass is 15.0. The van der Waals surface area contributed by atoms with E-state index in [1.165, 1.54) is 60.4 Å². The maximum absolute atomic E-state index is 4.75. The molecule has 0 fully saturated rings. The molecular formula is C50H38N2. The average molecular weight is 667 g/mol. The zero-order chi connectivity index (χ0) is 34.7. The summed E-state index contributed by atoms with van der Waals surface area (Å²) < 4.78 is 2.51. The molecule has 52 heavy (non-hydrogen) atoms. The molecule has 0 amide bonds. The Morgan fingerprint density at radius 3 is 1.90 bits per heavy atom. The van der Waals surface area contributed by atoms with Gasteiger partial charge in [-0.05, 0) is 57.0 Å². The topological polar surface area (TPSA) is 17.3 Å².